The van der Waals surface area contributed by atoms with Crippen LogP contribution in [-0.4, -0.2) is 11.4 Å². The summed E-state index contributed by atoms with van der Waals surface area (Å²) in [4.78, 5) is 10.5. The molecule has 1 rings (SSSR count). The van der Waals surface area contributed by atoms with E-state index in [1.165, 1.54) is 0 Å². The molecule has 1 amide bonds. The van der Waals surface area contributed by atoms with Crippen molar-refractivity contribution in [3.05, 3.63) is 24.2 Å². The summed E-state index contributed by atoms with van der Waals surface area (Å²) in [5.41, 5.74) is 0. The van der Waals surface area contributed by atoms with Crippen LogP contribution in [0, 0.1) is 0 Å². The smallest absolute Gasteiger partial charge is 0.211 e. The molecule has 1 aromatic heterocycles. The monoisotopic (exact) mass is 183 g/mol. The van der Waals surface area contributed by atoms with Crippen molar-refractivity contribution < 1.29 is 9.21 Å². The summed E-state index contributed by atoms with van der Waals surface area (Å²) in [5.74, 6) is 0.880. The highest BCUT2D eigenvalue weighted by atomic mass is 32.1. The first-order valence-corrected chi connectivity index (χ1v) is 3.99. The minimum atomic E-state index is 0.543. The molecule has 0 atom stereocenters. The van der Waals surface area contributed by atoms with Crippen molar-refractivity contribution in [2.24, 2.45) is 0 Å². The van der Waals surface area contributed by atoms with Gasteiger partial charge in [0.1, 0.15) is 5.76 Å². The molecule has 3 nitrogen and oxygen atoms in total. The summed E-state index contributed by atoms with van der Waals surface area (Å²) in [6.07, 6.45) is 3.57. The van der Waals surface area contributed by atoms with Gasteiger partial charge in [-0.3, -0.25) is 4.79 Å². The van der Waals surface area contributed by atoms with E-state index < -0.39 is 0 Å². The van der Waals surface area contributed by atoms with Crippen LogP contribution in [0.15, 0.2) is 22.8 Å². The zero-order valence-electron chi connectivity index (χ0n) is 6.45. The molecule has 0 aliphatic carbocycles. The molecule has 0 aliphatic rings. The van der Waals surface area contributed by atoms with Gasteiger partial charge >= 0.3 is 0 Å². The number of rotatable bonds is 4. The fraction of sp³-hybridized carbons (Fsp3) is 0.250. The quantitative estimate of drug-likeness (QED) is 0.565. The Morgan fingerprint density at radius 2 is 2.58 bits per heavy atom. The van der Waals surface area contributed by atoms with Crippen molar-refractivity contribution in [2.75, 3.05) is 0 Å². The van der Waals surface area contributed by atoms with Crippen molar-refractivity contribution in [1.29, 1.82) is 0 Å². The molecule has 4 heteroatoms. The van der Waals surface area contributed by atoms with E-state index in [0.29, 0.717) is 17.8 Å². The Morgan fingerprint density at radius 3 is 3.17 bits per heavy atom. The fourth-order valence-electron chi connectivity index (χ4n) is 0.829. The van der Waals surface area contributed by atoms with Gasteiger partial charge in [-0.15, -0.1) is 0 Å². The summed E-state index contributed by atoms with van der Waals surface area (Å²) in [7, 11) is 0. The van der Waals surface area contributed by atoms with Gasteiger partial charge in [0.25, 0.3) is 0 Å². The number of thiocarbonyl (C=S) groups is 1. The number of hydrogen-bond acceptors (Lipinski definition) is 3. The number of aryl methyl sites for hydroxylation is 1. The largest absolute Gasteiger partial charge is 0.469 e. The van der Waals surface area contributed by atoms with Crippen LogP contribution in [-0.2, 0) is 11.2 Å². The maximum atomic E-state index is 9.95. The van der Waals surface area contributed by atoms with Gasteiger partial charge in [-0.25, -0.2) is 0 Å². The summed E-state index contributed by atoms with van der Waals surface area (Å²) in [6, 6.07) is 3.70. The summed E-state index contributed by atoms with van der Waals surface area (Å²) < 4.78 is 5.09. The Morgan fingerprint density at radius 1 is 1.75 bits per heavy atom. The Labute approximate surface area is 75.8 Å². The highest BCUT2D eigenvalue weighted by Gasteiger charge is 1.98. The van der Waals surface area contributed by atoms with Gasteiger partial charge in [-0.2, -0.15) is 0 Å². The Balaban J connectivity index is 2.26. The molecular formula is C8H9NO2S. The zero-order chi connectivity index (χ0) is 8.81. The Hall–Kier alpha value is -1.16. The predicted molar refractivity (Wildman–Crippen MR) is 48.8 cm³/mol. The molecule has 0 unspecified atom stereocenters. The van der Waals surface area contributed by atoms with Gasteiger partial charge in [0, 0.05) is 12.8 Å². The highest BCUT2D eigenvalue weighted by molar-refractivity contribution is 7.80. The molecule has 0 aliphatic heterocycles. The van der Waals surface area contributed by atoms with E-state index in [0.717, 1.165) is 12.2 Å². The van der Waals surface area contributed by atoms with Crippen LogP contribution in [0.25, 0.3) is 0 Å². The number of carbonyl (C=O) groups excluding carboxylic acids is 1. The van der Waals surface area contributed by atoms with E-state index in [1.807, 2.05) is 12.1 Å². The maximum Gasteiger partial charge on any atom is 0.211 e. The third-order valence-corrected chi connectivity index (χ3v) is 1.72. The molecule has 0 saturated heterocycles. The van der Waals surface area contributed by atoms with E-state index in [9.17, 15) is 4.79 Å². The highest BCUT2D eigenvalue weighted by Crippen LogP contribution is 2.03. The lowest BCUT2D eigenvalue weighted by atomic mass is 10.2. The van der Waals surface area contributed by atoms with Crippen LogP contribution in [0.5, 0.6) is 0 Å². The molecule has 0 fully saturated rings. The minimum Gasteiger partial charge on any atom is -0.469 e. The lowest BCUT2D eigenvalue weighted by Gasteiger charge is -1.98. The molecule has 1 N–H and O–H groups in total. The first-order chi connectivity index (χ1) is 5.83. The summed E-state index contributed by atoms with van der Waals surface area (Å²) in [5, 5.41) is 2.42. The van der Waals surface area contributed by atoms with E-state index in [2.05, 4.69) is 5.32 Å². The molecule has 0 saturated carbocycles. The molecule has 0 spiro atoms. The van der Waals surface area contributed by atoms with Gasteiger partial charge < -0.3 is 9.73 Å². The SMILES string of the molecule is O=CNC(=S)CCc1ccco1. The van der Waals surface area contributed by atoms with E-state index in [4.69, 9.17) is 16.6 Å². The second-order valence-corrected chi connectivity index (χ2v) is 2.76. The van der Waals surface area contributed by atoms with Crippen molar-refractivity contribution in [2.45, 2.75) is 12.8 Å². The maximum absolute atomic E-state index is 9.95. The van der Waals surface area contributed by atoms with Crippen molar-refractivity contribution in [3.8, 4) is 0 Å². The lowest BCUT2D eigenvalue weighted by molar-refractivity contribution is -0.108. The average Bonchev–Trinajstić information content (AvgIpc) is 2.53. The fourth-order valence-corrected chi connectivity index (χ4v) is 0.980. The van der Waals surface area contributed by atoms with Crippen LogP contribution < -0.4 is 5.32 Å². The number of hydrogen-bond donors (Lipinski definition) is 1. The van der Waals surface area contributed by atoms with Crippen LogP contribution in [0.3, 0.4) is 0 Å². The lowest BCUT2D eigenvalue weighted by Crippen LogP contribution is -2.19. The number of carbonyl (C=O) groups is 1. The molecule has 0 radical (unpaired) electrons. The van der Waals surface area contributed by atoms with E-state index >= 15 is 0 Å². The van der Waals surface area contributed by atoms with Gasteiger partial charge in [0.15, 0.2) is 0 Å². The molecule has 64 valence electrons. The van der Waals surface area contributed by atoms with Crippen LogP contribution in [0.2, 0.25) is 0 Å². The number of amides is 1. The standard InChI is InChI=1S/C8H9NO2S/c10-6-9-8(12)4-3-7-2-1-5-11-7/h1-2,5-6H,3-4H2,(H,9,10,12). The molecule has 1 aromatic rings. The van der Waals surface area contributed by atoms with Crippen LogP contribution in [0.4, 0.5) is 0 Å². The zero-order valence-corrected chi connectivity index (χ0v) is 7.26. The molecular weight excluding hydrogens is 174 g/mol. The van der Waals surface area contributed by atoms with E-state index in [1.54, 1.807) is 6.26 Å². The third kappa shape index (κ3) is 2.84. The van der Waals surface area contributed by atoms with Gasteiger partial charge in [-0.05, 0) is 12.1 Å². The predicted octanol–water partition coefficient (Wildman–Crippen LogP) is 1.29. The van der Waals surface area contributed by atoms with Gasteiger partial charge in [-0.1, -0.05) is 12.2 Å². The second-order valence-electron chi connectivity index (χ2n) is 2.26. The Kier molecular flexibility index (Phi) is 3.47. The average molecular weight is 183 g/mol. The molecule has 1 heterocycles. The van der Waals surface area contributed by atoms with Gasteiger partial charge in [0.2, 0.25) is 6.41 Å². The molecule has 0 aromatic carbocycles. The normalized spacial score (nSPS) is 9.33. The van der Waals surface area contributed by atoms with Crippen LogP contribution in [0.1, 0.15) is 12.2 Å². The number of nitrogens with one attached hydrogen (secondary N) is 1. The van der Waals surface area contributed by atoms with E-state index in [-0.39, 0.29) is 0 Å². The minimum absolute atomic E-state index is 0.543. The summed E-state index contributed by atoms with van der Waals surface area (Å²) in [6.45, 7) is 0. The number of furan rings is 1. The second kappa shape index (κ2) is 4.66. The van der Waals surface area contributed by atoms with Crippen LogP contribution >= 0.6 is 12.2 Å². The Bertz CT molecular complexity index is 256. The van der Waals surface area contributed by atoms with Crippen molar-refractivity contribution >= 4 is 23.6 Å². The third-order valence-electron chi connectivity index (χ3n) is 1.40. The van der Waals surface area contributed by atoms with Crippen molar-refractivity contribution in [1.82, 2.24) is 5.32 Å². The van der Waals surface area contributed by atoms with Crippen molar-refractivity contribution in [3.63, 3.8) is 0 Å². The van der Waals surface area contributed by atoms with Gasteiger partial charge in [0.05, 0.1) is 11.3 Å². The summed E-state index contributed by atoms with van der Waals surface area (Å²) >= 11 is 4.84. The topological polar surface area (TPSA) is 42.2 Å². The first kappa shape index (κ1) is 8.93. The molecule has 12 heavy (non-hydrogen) atoms. The first-order valence-electron chi connectivity index (χ1n) is 3.58. The molecule has 0 bridgehead atoms.